The first kappa shape index (κ1) is 14.0. The SMILES string of the molecule is CNC(=O)CN(C)C(=O)Nc1ccc(CN)cc1. The van der Waals surface area contributed by atoms with Gasteiger partial charge < -0.3 is 21.3 Å². The van der Waals surface area contributed by atoms with Crippen molar-refractivity contribution >= 4 is 17.6 Å². The van der Waals surface area contributed by atoms with Gasteiger partial charge in [0.2, 0.25) is 5.91 Å². The highest BCUT2D eigenvalue weighted by atomic mass is 16.2. The molecule has 0 bridgehead atoms. The van der Waals surface area contributed by atoms with Crippen molar-refractivity contribution in [3.05, 3.63) is 29.8 Å². The third-order valence-corrected chi connectivity index (χ3v) is 2.45. The Hall–Kier alpha value is -2.08. The maximum absolute atomic E-state index is 11.7. The van der Waals surface area contributed by atoms with Gasteiger partial charge >= 0.3 is 6.03 Å². The van der Waals surface area contributed by atoms with E-state index in [-0.39, 0.29) is 18.5 Å². The van der Waals surface area contributed by atoms with Crippen molar-refractivity contribution < 1.29 is 9.59 Å². The zero-order chi connectivity index (χ0) is 13.5. The number of nitrogens with zero attached hydrogens (tertiary/aromatic N) is 1. The summed E-state index contributed by atoms with van der Waals surface area (Å²) < 4.78 is 0. The number of urea groups is 1. The fourth-order valence-electron chi connectivity index (χ4n) is 1.31. The first-order chi connectivity index (χ1) is 8.56. The third kappa shape index (κ3) is 4.06. The Morgan fingerprint density at radius 3 is 2.39 bits per heavy atom. The molecule has 6 heteroatoms. The summed E-state index contributed by atoms with van der Waals surface area (Å²) in [4.78, 5) is 24.1. The summed E-state index contributed by atoms with van der Waals surface area (Å²) in [6.07, 6.45) is 0. The summed E-state index contributed by atoms with van der Waals surface area (Å²) in [6, 6.07) is 6.89. The van der Waals surface area contributed by atoms with E-state index in [9.17, 15) is 9.59 Å². The van der Waals surface area contributed by atoms with E-state index in [0.29, 0.717) is 12.2 Å². The molecule has 0 atom stereocenters. The summed E-state index contributed by atoms with van der Waals surface area (Å²) in [6.45, 7) is 0.480. The highest BCUT2D eigenvalue weighted by molar-refractivity contribution is 5.92. The number of rotatable bonds is 4. The van der Waals surface area contributed by atoms with Crippen LogP contribution >= 0.6 is 0 Å². The highest BCUT2D eigenvalue weighted by Gasteiger charge is 2.11. The van der Waals surface area contributed by atoms with Gasteiger partial charge in [0.15, 0.2) is 0 Å². The molecule has 0 aliphatic carbocycles. The van der Waals surface area contributed by atoms with Crippen LogP contribution in [0.5, 0.6) is 0 Å². The average Bonchev–Trinajstić information content (AvgIpc) is 2.39. The Balaban J connectivity index is 2.55. The predicted octanol–water partition coefficient (Wildman–Crippen LogP) is 0.355. The van der Waals surface area contributed by atoms with Crippen molar-refractivity contribution in [2.24, 2.45) is 5.73 Å². The molecule has 0 radical (unpaired) electrons. The van der Waals surface area contributed by atoms with Crippen LogP contribution in [0.3, 0.4) is 0 Å². The van der Waals surface area contributed by atoms with Crippen LogP contribution in [-0.4, -0.2) is 37.5 Å². The number of hydrogen-bond donors (Lipinski definition) is 3. The standard InChI is InChI=1S/C12H18N4O2/c1-14-11(17)8-16(2)12(18)15-10-5-3-9(7-13)4-6-10/h3-6H,7-8,13H2,1-2H3,(H,14,17)(H,15,18). The van der Waals surface area contributed by atoms with E-state index in [4.69, 9.17) is 5.73 Å². The van der Waals surface area contributed by atoms with Gasteiger partial charge in [-0.25, -0.2) is 4.79 Å². The quantitative estimate of drug-likeness (QED) is 0.720. The molecule has 0 saturated carbocycles. The smallest absolute Gasteiger partial charge is 0.322 e. The summed E-state index contributed by atoms with van der Waals surface area (Å²) in [5, 5.41) is 5.14. The number of nitrogens with one attached hydrogen (secondary N) is 2. The molecule has 98 valence electrons. The normalized spacial score (nSPS) is 9.72. The molecule has 3 amide bonds. The monoisotopic (exact) mass is 250 g/mol. The number of amides is 3. The molecule has 1 rings (SSSR count). The van der Waals surface area contributed by atoms with E-state index in [1.54, 1.807) is 19.2 Å². The Morgan fingerprint density at radius 2 is 1.89 bits per heavy atom. The summed E-state index contributed by atoms with van der Waals surface area (Å²) in [5.74, 6) is -0.217. The minimum Gasteiger partial charge on any atom is -0.358 e. The second-order valence-corrected chi connectivity index (χ2v) is 3.86. The van der Waals surface area contributed by atoms with Gasteiger partial charge in [-0.1, -0.05) is 12.1 Å². The lowest BCUT2D eigenvalue weighted by Crippen LogP contribution is -2.39. The molecular formula is C12H18N4O2. The second kappa shape index (κ2) is 6.61. The fraction of sp³-hybridized carbons (Fsp3) is 0.333. The van der Waals surface area contributed by atoms with Crippen LogP contribution in [0.15, 0.2) is 24.3 Å². The van der Waals surface area contributed by atoms with Crippen LogP contribution in [0.4, 0.5) is 10.5 Å². The lowest BCUT2D eigenvalue weighted by molar-refractivity contribution is -0.120. The number of likely N-dealkylation sites (N-methyl/N-ethyl adjacent to an activating group) is 2. The maximum atomic E-state index is 11.7. The largest absolute Gasteiger partial charge is 0.358 e. The van der Waals surface area contributed by atoms with Crippen LogP contribution in [0.2, 0.25) is 0 Å². The van der Waals surface area contributed by atoms with Crippen LogP contribution in [0.25, 0.3) is 0 Å². The van der Waals surface area contributed by atoms with Crippen molar-refractivity contribution in [2.75, 3.05) is 26.0 Å². The van der Waals surface area contributed by atoms with E-state index < -0.39 is 0 Å². The van der Waals surface area contributed by atoms with Gasteiger partial charge in [-0.3, -0.25) is 4.79 Å². The molecule has 0 spiro atoms. The molecular weight excluding hydrogens is 232 g/mol. The average molecular weight is 250 g/mol. The zero-order valence-corrected chi connectivity index (χ0v) is 10.6. The van der Waals surface area contributed by atoms with E-state index in [1.807, 2.05) is 12.1 Å². The Kier molecular flexibility index (Phi) is 5.13. The lowest BCUT2D eigenvalue weighted by atomic mass is 10.2. The van der Waals surface area contributed by atoms with Crippen molar-refractivity contribution in [1.29, 1.82) is 0 Å². The van der Waals surface area contributed by atoms with Crippen molar-refractivity contribution in [2.45, 2.75) is 6.54 Å². The lowest BCUT2D eigenvalue weighted by Gasteiger charge is -2.17. The number of benzene rings is 1. The van der Waals surface area contributed by atoms with Gasteiger partial charge in [0.05, 0.1) is 0 Å². The van der Waals surface area contributed by atoms with Gasteiger partial charge in [0, 0.05) is 26.3 Å². The van der Waals surface area contributed by atoms with E-state index in [2.05, 4.69) is 10.6 Å². The van der Waals surface area contributed by atoms with Crippen LogP contribution in [0.1, 0.15) is 5.56 Å². The number of carbonyl (C=O) groups excluding carboxylic acids is 2. The number of anilines is 1. The minimum absolute atomic E-state index is 0.0171. The van der Waals surface area contributed by atoms with E-state index in [0.717, 1.165) is 5.56 Å². The Bertz CT molecular complexity index is 417. The van der Waals surface area contributed by atoms with Crippen molar-refractivity contribution in [1.82, 2.24) is 10.2 Å². The molecule has 0 aromatic heterocycles. The van der Waals surface area contributed by atoms with Gasteiger partial charge in [0.1, 0.15) is 6.54 Å². The van der Waals surface area contributed by atoms with E-state index in [1.165, 1.54) is 11.9 Å². The molecule has 0 heterocycles. The van der Waals surface area contributed by atoms with Crippen molar-refractivity contribution in [3.63, 3.8) is 0 Å². The maximum Gasteiger partial charge on any atom is 0.322 e. The number of nitrogens with two attached hydrogens (primary N) is 1. The molecule has 4 N–H and O–H groups in total. The molecule has 18 heavy (non-hydrogen) atoms. The van der Waals surface area contributed by atoms with Crippen LogP contribution in [-0.2, 0) is 11.3 Å². The fourth-order valence-corrected chi connectivity index (χ4v) is 1.31. The third-order valence-electron chi connectivity index (χ3n) is 2.45. The van der Waals surface area contributed by atoms with Gasteiger partial charge in [0.25, 0.3) is 0 Å². The summed E-state index contributed by atoms with van der Waals surface area (Å²) in [5.41, 5.74) is 7.14. The highest BCUT2D eigenvalue weighted by Crippen LogP contribution is 2.09. The molecule has 0 aliphatic heterocycles. The van der Waals surface area contributed by atoms with Crippen LogP contribution in [0, 0.1) is 0 Å². The molecule has 0 aliphatic rings. The zero-order valence-electron chi connectivity index (χ0n) is 10.6. The molecule has 0 saturated heterocycles. The molecule has 0 fully saturated rings. The van der Waals surface area contributed by atoms with Crippen LogP contribution < -0.4 is 16.4 Å². The Labute approximate surface area is 106 Å². The second-order valence-electron chi connectivity index (χ2n) is 3.86. The predicted molar refractivity (Wildman–Crippen MR) is 70.0 cm³/mol. The van der Waals surface area contributed by atoms with Crippen molar-refractivity contribution in [3.8, 4) is 0 Å². The first-order valence-electron chi connectivity index (χ1n) is 5.58. The van der Waals surface area contributed by atoms with Gasteiger partial charge in [-0.05, 0) is 17.7 Å². The topological polar surface area (TPSA) is 87.5 Å². The number of hydrogen-bond acceptors (Lipinski definition) is 3. The van der Waals surface area contributed by atoms with Gasteiger partial charge in [-0.15, -0.1) is 0 Å². The minimum atomic E-state index is -0.334. The first-order valence-corrected chi connectivity index (χ1v) is 5.58. The van der Waals surface area contributed by atoms with Gasteiger partial charge in [-0.2, -0.15) is 0 Å². The Morgan fingerprint density at radius 1 is 1.28 bits per heavy atom. The molecule has 0 unspecified atom stereocenters. The summed E-state index contributed by atoms with van der Waals surface area (Å²) in [7, 11) is 3.08. The molecule has 1 aromatic rings. The molecule has 1 aromatic carbocycles. The molecule has 6 nitrogen and oxygen atoms in total. The summed E-state index contributed by atoms with van der Waals surface area (Å²) >= 11 is 0. The van der Waals surface area contributed by atoms with E-state index >= 15 is 0 Å². The number of carbonyl (C=O) groups is 2.